The summed E-state index contributed by atoms with van der Waals surface area (Å²) in [5.41, 5.74) is 2.46. The Kier molecular flexibility index (Phi) is 8.53. The molecular formula is C30H33NO7. The zero-order valence-electron chi connectivity index (χ0n) is 22.3. The van der Waals surface area contributed by atoms with Crippen LogP contribution in [0.4, 0.5) is 0 Å². The van der Waals surface area contributed by atoms with E-state index < -0.39 is 12.1 Å². The van der Waals surface area contributed by atoms with E-state index in [9.17, 15) is 9.90 Å². The van der Waals surface area contributed by atoms with Gasteiger partial charge in [0.25, 0.3) is 0 Å². The van der Waals surface area contributed by atoms with Gasteiger partial charge in [-0.1, -0.05) is 30.3 Å². The molecule has 0 fully saturated rings. The van der Waals surface area contributed by atoms with E-state index in [2.05, 4.69) is 4.98 Å². The quantitative estimate of drug-likeness (QED) is 0.248. The summed E-state index contributed by atoms with van der Waals surface area (Å²) >= 11 is 0. The number of benzene rings is 3. The molecule has 200 valence electrons. The summed E-state index contributed by atoms with van der Waals surface area (Å²) < 4.78 is 28.4. The number of ether oxygens (including phenoxy) is 4. The van der Waals surface area contributed by atoms with Crippen LogP contribution in [-0.2, 0) is 22.4 Å². The van der Waals surface area contributed by atoms with E-state index in [1.54, 1.807) is 20.3 Å². The van der Waals surface area contributed by atoms with Gasteiger partial charge in [0.05, 0.1) is 32.6 Å². The summed E-state index contributed by atoms with van der Waals surface area (Å²) in [6, 6.07) is 17.1. The number of rotatable bonds is 12. The Morgan fingerprint density at radius 1 is 1.00 bits per heavy atom. The number of hydrogen-bond donors (Lipinski definition) is 1. The second-order valence-corrected chi connectivity index (χ2v) is 9.21. The lowest BCUT2D eigenvalue weighted by Gasteiger charge is -2.18. The van der Waals surface area contributed by atoms with Crippen molar-refractivity contribution in [2.24, 2.45) is 0 Å². The van der Waals surface area contributed by atoms with Crippen LogP contribution in [0.5, 0.6) is 17.2 Å². The number of aromatic nitrogens is 1. The monoisotopic (exact) mass is 519 g/mol. The molecule has 0 radical (unpaired) electrons. The summed E-state index contributed by atoms with van der Waals surface area (Å²) in [7, 11) is 3.20. The Labute approximate surface area is 222 Å². The molecule has 0 amide bonds. The predicted octanol–water partition coefficient (Wildman–Crippen LogP) is 5.86. The molecule has 1 unspecified atom stereocenters. The van der Waals surface area contributed by atoms with Crippen LogP contribution < -0.4 is 14.2 Å². The van der Waals surface area contributed by atoms with Crippen molar-refractivity contribution in [1.82, 2.24) is 4.98 Å². The first-order chi connectivity index (χ1) is 18.3. The van der Waals surface area contributed by atoms with Crippen LogP contribution in [0.25, 0.3) is 22.2 Å². The van der Waals surface area contributed by atoms with Crippen LogP contribution in [0, 0.1) is 6.92 Å². The molecule has 4 aromatic rings. The highest BCUT2D eigenvalue weighted by molar-refractivity contribution is 5.91. The Bertz CT molecular complexity index is 1390. The predicted molar refractivity (Wildman–Crippen MR) is 144 cm³/mol. The van der Waals surface area contributed by atoms with Gasteiger partial charge in [-0.15, -0.1) is 0 Å². The average Bonchev–Trinajstić information content (AvgIpc) is 3.28. The second kappa shape index (κ2) is 12.0. The Hall–Kier alpha value is -4.04. The number of oxazole rings is 1. The number of carboxylic acids is 1. The van der Waals surface area contributed by atoms with Gasteiger partial charge in [0.1, 0.15) is 23.0 Å². The highest BCUT2D eigenvalue weighted by Crippen LogP contribution is 2.32. The van der Waals surface area contributed by atoms with Crippen molar-refractivity contribution in [3.05, 3.63) is 71.6 Å². The first-order valence-corrected chi connectivity index (χ1v) is 12.5. The van der Waals surface area contributed by atoms with Gasteiger partial charge in [-0.2, -0.15) is 0 Å². The molecule has 4 rings (SSSR count). The highest BCUT2D eigenvalue weighted by atomic mass is 16.5. The molecule has 0 bridgehead atoms. The maximum absolute atomic E-state index is 11.7. The molecule has 0 saturated heterocycles. The normalized spacial score (nSPS) is 12.1. The van der Waals surface area contributed by atoms with E-state index >= 15 is 0 Å². The third-order valence-electron chi connectivity index (χ3n) is 6.18. The van der Waals surface area contributed by atoms with Crippen molar-refractivity contribution in [2.45, 2.75) is 45.8 Å². The summed E-state index contributed by atoms with van der Waals surface area (Å²) in [4.78, 5) is 16.4. The molecule has 1 aromatic heterocycles. The number of fused-ring (bicyclic) bond motifs is 1. The minimum Gasteiger partial charge on any atom is -0.497 e. The van der Waals surface area contributed by atoms with Crippen molar-refractivity contribution in [3.8, 4) is 28.7 Å². The summed E-state index contributed by atoms with van der Waals surface area (Å²) in [5, 5.41) is 11.5. The maximum Gasteiger partial charge on any atom is 0.333 e. The minimum absolute atomic E-state index is 0.184. The van der Waals surface area contributed by atoms with Crippen LogP contribution >= 0.6 is 0 Å². The molecule has 8 heteroatoms. The lowest BCUT2D eigenvalue weighted by Crippen LogP contribution is -2.29. The van der Waals surface area contributed by atoms with Crippen LogP contribution in [0.1, 0.15) is 30.9 Å². The van der Waals surface area contributed by atoms with Gasteiger partial charge in [0.2, 0.25) is 5.89 Å². The number of methoxy groups -OCH3 is 2. The number of nitrogens with zero attached hydrogens (tertiary/aromatic N) is 1. The van der Waals surface area contributed by atoms with Gasteiger partial charge >= 0.3 is 5.97 Å². The Balaban J connectivity index is 1.50. The fourth-order valence-electron chi connectivity index (χ4n) is 4.33. The molecule has 0 aliphatic carbocycles. The summed E-state index contributed by atoms with van der Waals surface area (Å²) in [6.45, 7) is 5.94. The smallest absolute Gasteiger partial charge is 0.333 e. The number of aryl methyl sites for hydroxylation is 1. The molecule has 0 aliphatic heterocycles. The van der Waals surface area contributed by atoms with Crippen molar-refractivity contribution in [2.75, 3.05) is 20.8 Å². The van der Waals surface area contributed by atoms with Gasteiger partial charge in [0, 0.05) is 29.9 Å². The summed E-state index contributed by atoms with van der Waals surface area (Å²) in [6.07, 6.45) is -0.282. The molecule has 8 nitrogen and oxygen atoms in total. The zero-order chi connectivity index (χ0) is 27.2. The van der Waals surface area contributed by atoms with E-state index in [0.29, 0.717) is 30.4 Å². The van der Waals surface area contributed by atoms with Gasteiger partial charge in [-0.3, -0.25) is 0 Å². The van der Waals surface area contributed by atoms with Crippen LogP contribution in [0.3, 0.4) is 0 Å². The minimum atomic E-state index is -0.974. The molecule has 38 heavy (non-hydrogen) atoms. The topological polar surface area (TPSA) is 100 Å². The van der Waals surface area contributed by atoms with E-state index in [1.165, 1.54) is 0 Å². The van der Waals surface area contributed by atoms with E-state index in [4.69, 9.17) is 23.4 Å². The SMILES string of the molecule is COc1cc(OC)cc(-c2nc(CCOc3ccc(CC(OC(C)C)C(=O)O)c4ccccc34)c(C)o2)c1. The molecular weight excluding hydrogens is 486 g/mol. The Morgan fingerprint density at radius 2 is 1.68 bits per heavy atom. The fraction of sp³-hybridized carbons (Fsp3) is 0.333. The fourth-order valence-corrected chi connectivity index (χ4v) is 4.33. The average molecular weight is 520 g/mol. The van der Waals surface area contributed by atoms with Crippen LogP contribution in [0.15, 0.2) is 59.0 Å². The van der Waals surface area contributed by atoms with Gasteiger partial charge in [-0.05, 0) is 49.9 Å². The number of carbonyl (C=O) groups is 1. The lowest BCUT2D eigenvalue weighted by molar-refractivity contribution is -0.153. The van der Waals surface area contributed by atoms with Crippen LogP contribution in [-0.4, -0.2) is 49.1 Å². The number of hydrogen-bond acceptors (Lipinski definition) is 7. The number of aliphatic carboxylic acids is 1. The van der Waals surface area contributed by atoms with Crippen molar-refractivity contribution >= 4 is 16.7 Å². The van der Waals surface area contributed by atoms with Crippen molar-refractivity contribution in [3.63, 3.8) is 0 Å². The van der Waals surface area contributed by atoms with Gasteiger partial charge in [0.15, 0.2) is 6.10 Å². The van der Waals surface area contributed by atoms with Gasteiger partial charge < -0.3 is 28.5 Å². The number of carboxylic acid groups (broad SMARTS) is 1. The third-order valence-corrected chi connectivity index (χ3v) is 6.18. The maximum atomic E-state index is 11.7. The van der Waals surface area contributed by atoms with Crippen molar-refractivity contribution in [1.29, 1.82) is 0 Å². The molecule has 1 heterocycles. The molecule has 0 saturated carbocycles. The molecule has 1 N–H and O–H groups in total. The van der Waals surface area contributed by atoms with E-state index in [-0.39, 0.29) is 12.5 Å². The standard InChI is InChI=1S/C30H33NO7/c1-18(2)37-28(30(32)33)16-20-10-11-27(25-9-7-6-8-24(20)25)36-13-12-26-19(3)38-29(31-26)21-14-22(34-4)17-23(15-21)35-5/h6-11,14-15,17-18,28H,12-13,16H2,1-5H3,(H,32,33). The Morgan fingerprint density at radius 3 is 2.32 bits per heavy atom. The second-order valence-electron chi connectivity index (χ2n) is 9.21. The first kappa shape index (κ1) is 27.0. The van der Waals surface area contributed by atoms with Gasteiger partial charge in [-0.25, -0.2) is 9.78 Å². The molecule has 1 atom stereocenters. The largest absolute Gasteiger partial charge is 0.497 e. The lowest BCUT2D eigenvalue weighted by atomic mass is 9.99. The van der Waals surface area contributed by atoms with Crippen LogP contribution in [0.2, 0.25) is 0 Å². The molecule has 3 aromatic carbocycles. The van der Waals surface area contributed by atoms with Crippen molar-refractivity contribution < 1.29 is 33.3 Å². The third kappa shape index (κ3) is 6.26. The van der Waals surface area contributed by atoms with E-state index in [0.717, 1.165) is 39.1 Å². The zero-order valence-corrected chi connectivity index (χ0v) is 22.3. The summed E-state index contributed by atoms with van der Waals surface area (Å²) in [5.74, 6) is 2.26. The highest BCUT2D eigenvalue weighted by Gasteiger charge is 2.22. The molecule has 0 spiro atoms. The molecule has 0 aliphatic rings. The van der Waals surface area contributed by atoms with E-state index in [1.807, 2.05) is 69.3 Å². The first-order valence-electron chi connectivity index (χ1n) is 12.5.